The molecule has 0 bridgehead atoms. The van der Waals surface area contributed by atoms with Crippen LogP contribution in [0.4, 0.5) is 13.2 Å². The Morgan fingerprint density at radius 1 is 1.02 bits per heavy atom. The van der Waals surface area contributed by atoms with E-state index < -0.39 is 50.9 Å². The van der Waals surface area contributed by atoms with E-state index in [1.54, 1.807) is 12.1 Å². The molecule has 0 aliphatic carbocycles. The number of carbonyl (C=O) groups is 1. The van der Waals surface area contributed by atoms with Crippen LogP contribution in [0.1, 0.15) is 29.2 Å². The zero-order valence-corrected chi connectivity index (χ0v) is 22.5. The van der Waals surface area contributed by atoms with Crippen LogP contribution in [0.15, 0.2) is 95.3 Å². The monoisotopic (exact) mass is 582 g/mol. The molecule has 4 aromatic rings. The first-order valence-corrected chi connectivity index (χ1v) is 14.1. The van der Waals surface area contributed by atoms with Gasteiger partial charge in [-0.1, -0.05) is 60.7 Å². The van der Waals surface area contributed by atoms with Gasteiger partial charge < -0.3 is 5.11 Å². The summed E-state index contributed by atoms with van der Waals surface area (Å²) in [5, 5.41) is 11.1. The highest BCUT2D eigenvalue weighted by Gasteiger charge is 2.43. The minimum Gasteiger partial charge on any atom is -0.480 e. The van der Waals surface area contributed by atoms with Gasteiger partial charge in [0.2, 0.25) is 0 Å². The molecule has 7 nitrogen and oxygen atoms in total. The molecule has 11 heteroatoms. The Balaban J connectivity index is 1.87. The first-order chi connectivity index (χ1) is 19.4. The quantitative estimate of drug-likeness (QED) is 0.291. The molecule has 0 radical (unpaired) electrons. The number of aromatic nitrogens is 1. The van der Waals surface area contributed by atoms with Gasteiger partial charge in [0.1, 0.15) is 6.04 Å². The minimum absolute atomic E-state index is 0.00985. The number of hydrogen-bond acceptors (Lipinski definition) is 4. The van der Waals surface area contributed by atoms with Crippen molar-refractivity contribution in [3.63, 3.8) is 0 Å². The molecule has 0 saturated carbocycles. The maximum absolute atomic E-state index is 14.0. The summed E-state index contributed by atoms with van der Waals surface area (Å²) >= 11 is 0. The van der Waals surface area contributed by atoms with Crippen molar-refractivity contribution in [2.75, 3.05) is 13.1 Å². The number of alkyl halides is 3. The molecule has 41 heavy (non-hydrogen) atoms. The van der Waals surface area contributed by atoms with Gasteiger partial charge in [0.05, 0.1) is 5.56 Å². The van der Waals surface area contributed by atoms with E-state index in [4.69, 9.17) is 0 Å². The Morgan fingerprint density at radius 3 is 2.44 bits per heavy atom. The van der Waals surface area contributed by atoms with Gasteiger partial charge in [0, 0.05) is 24.7 Å². The van der Waals surface area contributed by atoms with Gasteiger partial charge in [-0.15, -0.1) is 6.58 Å². The molecule has 3 aromatic carbocycles. The smallest absolute Gasteiger partial charge is 0.416 e. The highest BCUT2D eigenvalue weighted by Crippen LogP contribution is 2.40. The molecule has 0 fully saturated rings. The summed E-state index contributed by atoms with van der Waals surface area (Å²) < 4.78 is 71.0. The second-order valence-corrected chi connectivity index (χ2v) is 11.6. The summed E-state index contributed by atoms with van der Waals surface area (Å²) in [4.78, 5) is 25.8. The largest absolute Gasteiger partial charge is 0.480 e. The Bertz CT molecular complexity index is 1840. The van der Waals surface area contributed by atoms with Crippen LogP contribution < -0.4 is 5.56 Å². The van der Waals surface area contributed by atoms with Gasteiger partial charge in [-0.3, -0.25) is 9.36 Å². The summed E-state index contributed by atoms with van der Waals surface area (Å²) in [6.07, 6.45) is -3.05. The second-order valence-electron chi connectivity index (χ2n) is 9.75. The second kappa shape index (κ2) is 10.6. The van der Waals surface area contributed by atoms with E-state index in [1.165, 1.54) is 12.1 Å². The third-order valence-corrected chi connectivity index (χ3v) is 9.07. The summed E-state index contributed by atoms with van der Waals surface area (Å²) in [6.45, 7) is 2.97. The van der Waals surface area contributed by atoms with E-state index in [9.17, 15) is 36.3 Å². The topological polar surface area (TPSA) is 96.7 Å². The van der Waals surface area contributed by atoms with E-state index in [2.05, 4.69) is 6.58 Å². The number of nitrogens with zero attached hydrogens (tertiary/aromatic N) is 2. The van der Waals surface area contributed by atoms with E-state index in [0.717, 1.165) is 39.3 Å². The third-order valence-electron chi connectivity index (χ3n) is 7.17. The van der Waals surface area contributed by atoms with Gasteiger partial charge >= 0.3 is 12.1 Å². The normalized spacial score (nSPS) is 16.8. The average molecular weight is 583 g/mol. The summed E-state index contributed by atoms with van der Waals surface area (Å²) in [5.41, 5.74) is -1.24. The molecule has 1 atom stereocenters. The van der Waals surface area contributed by atoms with Crippen molar-refractivity contribution in [2.24, 2.45) is 0 Å². The van der Waals surface area contributed by atoms with E-state index in [1.807, 2.05) is 30.3 Å². The van der Waals surface area contributed by atoms with Crippen molar-refractivity contribution in [3.8, 4) is 11.1 Å². The lowest BCUT2D eigenvalue weighted by Gasteiger charge is -2.35. The van der Waals surface area contributed by atoms with E-state index in [-0.39, 0.29) is 36.1 Å². The maximum Gasteiger partial charge on any atom is 0.416 e. The van der Waals surface area contributed by atoms with Crippen LogP contribution in [-0.4, -0.2) is 41.5 Å². The number of hydrogen-bond donors (Lipinski definition) is 1. The number of carboxylic acid groups (broad SMARTS) is 1. The molecule has 1 aliphatic rings. The number of fused-ring (bicyclic) bond motifs is 2. The average Bonchev–Trinajstić information content (AvgIpc) is 2.92. The molecule has 5 rings (SSSR count). The zero-order chi connectivity index (χ0) is 29.5. The lowest BCUT2D eigenvalue weighted by atomic mass is 9.93. The van der Waals surface area contributed by atoms with Crippen LogP contribution in [0, 0.1) is 0 Å². The molecule has 0 spiro atoms. The fourth-order valence-corrected chi connectivity index (χ4v) is 7.18. The maximum atomic E-state index is 14.0. The molecule has 1 aliphatic heterocycles. The van der Waals surface area contributed by atoms with Crippen LogP contribution in [0.2, 0.25) is 0 Å². The fraction of sp³-hybridized carbons (Fsp3) is 0.200. The highest BCUT2D eigenvalue weighted by atomic mass is 32.2. The number of benzene rings is 3. The molecule has 1 N–H and O–H groups in total. The number of sulfonamides is 1. The lowest BCUT2D eigenvalue weighted by molar-refractivity contribution is -0.141. The van der Waals surface area contributed by atoms with Crippen LogP contribution in [0.3, 0.4) is 0 Å². The van der Waals surface area contributed by atoms with Gasteiger partial charge in [0.15, 0.2) is 5.03 Å². The number of carboxylic acids is 1. The Labute approximate surface area is 233 Å². The molecule has 0 amide bonds. The predicted molar refractivity (Wildman–Crippen MR) is 148 cm³/mol. The SMILES string of the molecule is C=CCCN1CC(C(=O)O)n2c(c(-c3cccc(C(F)(F)F)c3)c(Cc3cccc4ccccc34)cc2=O)S1(=O)=O. The highest BCUT2D eigenvalue weighted by molar-refractivity contribution is 7.89. The van der Waals surface area contributed by atoms with Gasteiger partial charge in [-0.25, -0.2) is 13.2 Å². The minimum atomic E-state index is -4.73. The van der Waals surface area contributed by atoms with Gasteiger partial charge in [0.25, 0.3) is 15.6 Å². The number of rotatable bonds is 7. The van der Waals surface area contributed by atoms with Crippen LogP contribution in [-0.2, 0) is 27.4 Å². The fourth-order valence-electron chi connectivity index (χ4n) is 5.28. The molecule has 2 heterocycles. The van der Waals surface area contributed by atoms with Crippen molar-refractivity contribution >= 4 is 26.8 Å². The van der Waals surface area contributed by atoms with Crippen molar-refractivity contribution in [3.05, 3.63) is 112 Å². The first-order valence-electron chi connectivity index (χ1n) is 12.7. The van der Waals surface area contributed by atoms with Crippen LogP contribution in [0.25, 0.3) is 21.9 Å². The van der Waals surface area contributed by atoms with Gasteiger partial charge in [-0.2, -0.15) is 17.5 Å². The van der Waals surface area contributed by atoms with Crippen LogP contribution in [0.5, 0.6) is 0 Å². The Hall–Kier alpha value is -4.22. The van der Waals surface area contributed by atoms with E-state index >= 15 is 0 Å². The predicted octanol–water partition coefficient (Wildman–Crippen LogP) is 5.48. The number of pyridine rings is 1. The number of aliphatic carboxylic acids is 1. The Kier molecular flexibility index (Phi) is 7.35. The van der Waals surface area contributed by atoms with Crippen molar-refractivity contribution < 1.29 is 31.5 Å². The van der Waals surface area contributed by atoms with Crippen molar-refractivity contribution in [1.82, 2.24) is 8.87 Å². The molecule has 212 valence electrons. The Morgan fingerprint density at radius 2 is 1.73 bits per heavy atom. The molecule has 1 unspecified atom stereocenters. The summed E-state index contributed by atoms with van der Waals surface area (Å²) in [5.74, 6) is -1.44. The molecular formula is C30H25F3N2O5S. The van der Waals surface area contributed by atoms with Crippen LogP contribution >= 0.6 is 0 Å². The summed E-state index contributed by atoms with van der Waals surface area (Å²) in [7, 11) is -4.52. The zero-order valence-electron chi connectivity index (χ0n) is 21.6. The molecule has 1 aromatic heterocycles. The number of halogens is 3. The van der Waals surface area contributed by atoms with E-state index in [0.29, 0.717) is 10.1 Å². The van der Waals surface area contributed by atoms with Crippen molar-refractivity contribution in [1.29, 1.82) is 0 Å². The standard InChI is InChI=1S/C30H25F3N2O5S/c1-2-3-14-34-18-25(29(37)38)35-26(36)17-22(15-20-10-6-9-19-8-4-5-13-24(19)20)27(28(35)41(34,39)40)21-11-7-12-23(16-21)30(31,32)33/h2,4-13,16-17,25H,1,3,14-15,18H2,(H,37,38). The molecular weight excluding hydrogens is 557 g/mol. The molecule has 0 saturated heterocycles. The lowest BCUT2D eigenvalue weighted by Crippen LogP contribution is -2.49. The summed E-state index contributed by atoms with van der Waals surface area (Å²) in [6, 6.07) is 16.6. The van der Waals surface area contributed by atoms with Gasteiger partial charge in [-0.05, 0) is 52.4 Å². The first kappa shape index (κ1) is 28.3. The van der Waals surface area contributed by atoms with Crippen molar-refractivity contribution in [2.45, 2.75) is 30.1 Å². The third kappa shape index (κ3) is 5.18.